The van der Waals surface area contributed by atoms with Crippen LogP contribution in [0.15, 0.2) is 12.5 Å². The first-order chi connectivity index (χ1) is 11.2. The van der Waals surface area contributed by atoms with Gasteiger partial charge in [0.1, 0.15) is 12.3 Å². The van der Waals surface area contributed by atoms with E-state index < -0.39 is 0 Å². The van der Waals surface area contributed by atoms with Crippen LogP contribution in [0, 0.1) is 0 Å². The minimum Gasteiger partial charge on any atom is -0.377 e. The van der Waals surface area contributed by atoms with E-state index in [-0.39, 0.29) is 11.9 Å². The van der Waals surface area contributed by atoms with Gasteiger partial charge in [-0.3, -0.25) is 4.79 Å². The minimum atomic E-state index is -0.0678. The summed E-state index contributed by atoms with van der Waals surface area (Å²) in [6.45, 7) is 2.16. The molecule has 124 valence electrons. The molecule has 0 aromatic carbocycles. The van der Waals surface area contributed by atoms with Crippen molar-refractivity contribution in [3.8, 4) is 0 Å². The second kappa shape index (κ2) is 7.05. The van der Waals surface area contributed by atoms with Gasteiger partial charge < -0.3 is 19.5 Å². The Morgan fingerprint density at radius 2 is 2.26 bits per heavy atom. The van der Waals surface area contributed by atoms with Gasteiger partial charge in [-0.05, 0) is 12.8 Å². The van der Waals surface area contributed by atoms with Crippen LogP contribution in [0.25, 0.3) is 0 Å². The summed E-state index contributed by atoms with van der Waals surface area (Å²) in [5, 5.41) is 4.01. The van der Waals surface area contributed by atoms with Crippen LogP contribution in [-0.2, 0) is 18.4 Å². The average Bonchev–Trinajstić information content (AvgIpc) is 3.17. The summed E-state index contributed by atoms with van der Waals surface area (Å²) >= 11 is 1.40. The summed E-state index contributed by atoms with van der Waals surface area (Å²) in [6, 6.07) is 0.181. The fourth-order valence-corrected chi connectivity index (χ4v) is 3.34. The highest BCUT2D eigenvalue weighted by Gasteiger charge is 2.24. The average molecular weight is 336 g/mol. The van der Waals surface area contributed by atoms with Crippen molar-refractivity contribution >= 4 is 22.6 Å². The van der Waals surface area contributed by atoms with Gasteiger partial charge >= 0.3 is 0 Å². The van der Waals surface area contributed by atoms with Gasteiger partial charge in [0.25, 0.3) is 5.91 Å². The van der Waals surface area contributed by atoms with E-state index >= 15 is 0 Å². The zero-order chi connectivity index (χ0) is 16.2. The molecule has 0 atom stereocenters. The maximum absolute atomic E-state index is 12.2. The smallest absolute Gasteiger partial charge is 0.269 e. The van der Waals surface area contributed by atoms with Crippen LogP contribution < -0.4 is 10.2 Å². The first kappa shape index (κ1) is 15.9. The molecular weight excluding hydrogens is 316 g/mol. The molecule has 0 aliphatic carbocycles. The first-order valence-corrected chi connectivity index (χ1v) is 8.28. The number of hydrogen-bond donors (Lipinski definition) is 1. The lowest BCUT2D eigenvalue weighted by Crippen LogP contribution is -2.45. The molecule has 2 aromatic rings. The van der Waals surface area contributed by atoms with Crippen molar-refractivity contribution < 1.29 is 9.53 Å². The molecule has 1 N–H and O–H groups in total. The molecule has 1 amide bonds. The van der Waals surface area contributed by atoms with E-state index in [0.717, 1.165) is 36.9 Å². The molecule has 1 saturated heterocycles. The van der Waals surface area contributed by atoms with Crippen LogP contribution in [0.2, 0.25) is 0 Å². The first-order valence-electron chi connectivity index (χ1n) is 7.51. The maximum atomic E-state index is 12.2. The molecule has 0 bridgehead atoms. The number of rotatable bonds is 5. The molecule has 1 aliphatic heterocycles. The number of amides is 1. The summed E-state index contributed by atoms with van der Waals surface area (Å²) in [7, 11) is 3.45. The van der Waals surface area contributed by atoms with Crippen molar-refractivity contribution in [2.75, 3.05) is 25.1 Å². The normalized spacial score (nSPS) is 15.8. The number of anilines is 1. The number of ether oxygens (including phenoxy) is 1. The molecular formula is C14H20N6O2S. The second-order valence-corrected chi connectivity index (χ2v) is 6.28. The van der Waals surface area contributed by atoms with Crippen LogP contribution in [0.3, 0.4) is 0 Å². The van der Waals surface area contributed by atoms with Crippen molar-refractivity contribution in [3.05, 3.63) is 24.0 Å². The number of imidazole rings is 1. The number of nitrogens with one attached hydrogen (secondary N) is 1. The summed E-state index contributed by atoms with van der Waals surface area (Å²) in [4.78, 5) is 22.9. The minimum absolute atomic E-state index is 0.0678. The van der Waals surface area contributed by atoms with Crippen molar-refractivity contribution in [3.63, 3.8) is 0 Å². The van der Waals surface area contributed by atoms with Crippen molar-refractivity contribution in [1.29, 1.82) is 0 Å². The van der Waals surface area contributed by atoms with E-state index in [2.05, 4.69) is 24.6 Å². The Hall–Kier alpha value is -2.00. The van der Waals surface area contributed by atoms with Crippen molar-refractivity contribution in [2.45, 2.75) is 25.5 Å². The van der Waals surface area contributed by atoms with Crippen molar-refractivity contribution in [2.24, 2.45) is 7.05 Å². The van der Waals surface area contributed by atoms with E-state index in [1.807, 2.05) is 7.05 Å². The number of carbonyl (C=O) groups excluding carboxylic acids is 1. The molecule has 3 rings (SSSR count). The lowest BCUT2D eigenvalue weighted by molar-refractivity contribution is 0.0923. The van der Waals surface area contributed by atoms with Gasteiger partial charge in [-0.2, -0.15) is 4.37 Å². The van der Waals surface area contributed by atoms with Gasteiger partial charge in [0.15, 0.2) is 5.82 Å². The van der Waals surface area contributed by atoms with E-state index in [1.54, 1.807) is 24.2 Å². The Bertz CT molecular complexity index is 662. The molecule has 9 heteroatoms. The molecule has 1 aliphatic rings. The molecule has 8 nitrogen and oxygen atoms in total. The standard InChI is InChI=1S/C14H20N6O2S/c1-19-9-15-7-11(19)13(21)16-10-3-5-20(6-4-10)14-17-12(8-22-2)18-23-14/h7,9-10H,3-6,8H2,1-2H3,(H,16,21). The number of aryl methyl sites for hydroxylation is 1. The Balaban J connectivity index is 1.52. The van der Waals surface area contributed by atoms with Crippen LogP contribution in [0.5, 0.6) is 0 Å². The fourth-order valence-electron chi connectivity index (χ4n) is 2.61. The third-order valence-electron chi connectivity index (χ3n) is 3.88. The highest BCUT2D eigenvalue weighted by molar-refractivity contribution is 7.09. The summed E-state index contributed by atoms with van der Waals surface area (Å²) in [5.74, 6) is 0.654. The Kier molecular flexibility index (Phi) is 4.87. The Morgan fingerprint density at radius 1 is 1.48 bits per heavy atom. The lowest BCUT2D eigenvalue weighted by Gasteiger charge is -2.31. The van der Waals surface area contributed by atoms with Gasteiger partial charge in [0.2, 0.25) is 5.13 Å². The number of nitrogens with zero attached hydrogens (tertiary/aromatic N) is 5. The number of aromatic nitrogens is 4. The third kappa shape index (κ3) is 3.67. The topological polar surface area (TPSA) is 85.2 Å². The van der Waals surface area contributed by atoms with E-state index in [1.165, 1.54) is 11.5 Å². The molecule has 2 aromatic heterocycles. The third-order valence-corrected chi connectivity index (χ3v) is 4.70. The highest BCUT2D eigenvalue weighted by Crippen LogP contribution is 2.22. The largest absolute Gasteiger partial charge is 0.377 e. The zero-order valence-corrected chi connectivity index (χ0v) is 14.0. The van der Waals surface area contributed by atoms with Crippen LogP contribution >= 0.6 is 11.5 Å². The number of piperidine rings is 1. The summed E-state index contributed by atoms with van der Waals surface area (Å²) in [6.07, 6.45) is 5.00. The number of carbonyl (C=O) groups is 1. The molecule has 23 heavy (non-hydrogen) atoms. The van der Waals surface area contributed by atoms with Crippen molar-refractivity contribution in [1.82, 2.24) is 24.2 Å². The fraction of sp³-hybridized carbons (Fsp3) is 0.571. The maximum Gasteiger partial charge on any atom is 0.269 e. The number of hydrogen-bond acceptors (Lipinski definition) is 7. The van der Waals surface area contributed by atoms with Gasteiger partial charge in [-0.1, -0.05) is 0 Å². The van der Waals surface area contributed by atoms with Crippen LogP contribution in [0.4, 0.5) is 5.13 Å². The van der Waals surface area contributed by atoms with Crippen LogP contribution in [-0.4, -0.2) is 51.1 Å². The van der Waals surface area contributed by atoms with E-state index in [4.69, 9.17) is 4.74 Å². The zero-order valence-electron chi connectivity index (χ0n) is 13.2. The van der Waals surface area contributed by atoms with Gasteiger partial charge in [-0.15, -0.1) is 0 Å². The van der Waals surface area contributed by atoms with Gasteiger partial charge in [0.05, 0.1) is 12.5 Å². The van der Waals surface area contributed by atoms with Crippen LogP contribution in [0.1, 0.15) is 29.2 Å². The summed E-state index contributed by atoms with van der Waals surface area (Å²) < 4.78 is 11.0. The molecule has 0 saturated carbocycles. The molecule has 0 radical (unpaired) electrons. The Morgan fingerprint density at radius 3 is 2.91 bits per heavy atom. The molecule has 3 heterocycles. The van der Waals surface area contributed by atoms with Gasteiger partial charge in [-0.25, -0.2) is 9.97 Å². The molecule has 0 unspecified atom stereocenters. The molecule has 1 fully saturated rings. The summed E-state index contributed by atoms with van der Waals surface area (Å²) in [5.41, 5.74) is 0.584. The SMILES string of the molecule is COCc1nsc(N2CCC(NC(=O)c3cncn3C)CC2)n1. The second-order valence-electron chi connectivity index (χ2n) is 5.55. The Labute approximate surface area is 138 Å². The number of methoxy groups -OCH3 is 1. The quantitative estimate of drug-likeness (QED) is 0.870. The van der Waals surface area contributed by atoms with E-state index in [9.17, 15) is 4.79 Å². The van der Waals surface area contributed by atoms with Gasteiger partial charge in [0, 0.05) is 44.8 Å². The predicted molar refractivity (Wildman–Crippen MR) is 86.5 cm³/mol. The predicted octanol–water partition coefficient (Wildman–Crippen LogP) is 0.817. The monoisotopic (exact) mass is 336 g/mol. The van der Waals surface area contributed by atoms with E-state index in [0.29, 0.717) is 12.3 Å². The lowest BCUT2D eigenvalue weighted by atomic mass is 10.1. The molecule has 0 spiro atoms. The highest BCUT2D eigenvalue weighted by atomic mass is 32.1.